The van der Waals surface area contributed by atoms with Gasteiger partial charge in [-0.2, -0.15) is 0 Å². The maximum Gasteiger partial charge on any atom is 0.376 e. The van der Waals surface area contributed by atoms with Crippen LogP contribution in [0.1, 0.15) is 48.2 Å². The van der Waals surface area contributed by atoms with E-state index in [-0.39, 0.29) is 5.76 Å². The summed E-state index contributed by atoms with van der Waals surface area (Å²) in [7, 11) is 0. The first-order valence-electron chi connectivity index (χ1n) is 5.28. The van der Waals surface area contributed by atoms with Crippen LogP contribution in [0.5, 0.6) is 0 Å². The van der Waals surface area contributed by atoms with E-state index in [1.54, 1.807) is 13.2 Å². The molecule has 4 heteroatoms. The first-order valence-corrected chi connectivity index (χ1v) is 5.28. The molecule has 0 unspecified atom stereocenters. The Hall–Kier alpha value is -1.45. The molecule has 82 valence electrons. The molecule has 1 heterocycles. The summed E-state index contributed by atoms with van der Waals surface area (Å²) < 4.78 is 10.0. The second-order valence-corrected chi connectivity index (χ2v) is 3.78. The highest BCUT2D eigenvalue weighted by Gasteiger charge is 2.27. The molecule has 0 amide bonds. The zero-order chi connectivity index (χ0) is 10.8. The molecule has 1 aliphatic carbocycles. The molecule has 2 rings (SSSR count). The monoisotopic (exact) mass is 209 g/mol. The maximum absolute atomic E-state index is 11.4. The van der Waals surface area contributed by atoms with Crippen LogP contribution in [0.4, 0.5) is 5.69 Å². The Morgan fingerprint density at radius 2 is 2.40 bits per heavy atom. The number of hydrogen-bond donors (Lipinski definition) is 1. The molecule has 1 aromatic rings. The predicted molar refractivity (Wildman–Crippen MR) is 55.7 cm³/mol. The highest BCUT2D eigenvalue weighted by molar-refractivity contribution is 5.92. The zero-order valence-corrected chi connectivity index (χ0v) is 8.79. The fourth-order valence-corrected chi connectivity index (χ4v) is 1.77. The van der Waals surface area contributed by atoms with E-state index < -0.39 is 5.97 Å². The van der Waals surface area contributed by atoms with Crippen LogP contribution in [-0.2, 0) is 4.74 Å². The SMILES string of the molecule is CCOC(=O)c1occ(C2CCC2)c1N. The molecular formula is C11H15NO3. The summed E-state index contributed by atoms with van der Waals surface area (Å²) in [5.41, 5.74) is 7.27. The van der Waals surface area contributed by atoms with E-state index >= 15 is 0 Å². The lowest BCUT2D eigenvalue weighted by Gasteiger charge is -2.24. The number of carbonyl (C=O) groups is 1. The van der Waals surface area contributed by atoms with Crippen LogP contribution in [0, 0.1) is 0 Å². The molecule has 0 saturated heterocycles. The van der Waals surface area contributed by atoms with Crippen LogP contribution >= 0.6 is 0 Å². The van der Waals surface area contributed by atoms with Gasteiger partial charge in [0.05, 0.1) is 18.6 Å². The van der Waals surface area contributed by atoms with Gasteiger partial charge in [-0.15, -0.1) is 0 Å². The first-order chi connectivity index (χ1) is 7.24. The van der Waals surface area contributed by atoms with Crippen molar-refractivity contribution >= 4 is 11.7 Å². The van der Waals surface area contributed by atoms with Gasteiger partial charge in [0.25, 0.3) is 0 Å². The normalized spacial score (nSPS) is 16.1. The van der Waals surface area contributed by atoms with Crippen molar-refractivity contribution in [3.05, 3.63) is 17.6 Å². The Bertz CT molecular complexity index is 366. The third-order valence-electron chi connectivity index (χ3n) is 2.87. The average Bonchev–Trinajstić information content (AvgIpc) is 2.46. The molecule has 0 aromatic carbocycles. The summed E-state index contributed by atoms with van der Waals surface area (Å²) in [4.78, 5) is 11.4. The Morgan fingerprint density at radius 1 is 1.67 bits per heavy atom. The minimum atomic E-state index is -0.472. The highest BCUT2D eigenvalue weighted by Crippen LogP contribution is 2.40. The number of esters is 1. The molecule has 0 aliphatic heterocycles. The quantitative estimate of drug-likeness (QED) is 0.776. The van der Waals surface area contributed by atoms with E-state index in [1.165, 1.54) is 6.42 Å². The van der Waals surface area contributed by atoms with Crippen molar-refractivity contribution in [2.45, 2.75) is 32.1 Å². The molecule has 1 fully saturated rings. The Kier molecular flexibility index (Phi) is 2.66. The van der Waals surface area contributed by atoms with Crippen molar-refractivity contribution < 1.29 is 13.9 Å². The number of carbonyl (C=O) groups excluding carboxylic acids is 1. The second-order valence-electron chi connectivity index (χ2n) is 3.78. The second kappa shape index (κ2) is 3.96. The van der Waals surface area contributed by atoms with Crippen LogP contribution in [0.25, 0.3) is 0 Å². The summed E-state index contributed by atoms with van der Waals surface area (Å²) >= 11 is 0. The molecule has 4 nitrogen and oxygen atoms in total. The van der Waals surface area contributed by atoms with Gasteiger partial charge in [0.1, 0.15) is 0 Å². The van der Waals surface area contributed by atoms with Gasteiger partial charge in [0.2, 0.25) is 5.76 Å². The number of hydrogen-bond acceptors (Lipinski definition) is 4. The molecule has 0 spiro atoms. The van der Waals surface area contributed by atoms with Crippen LogP contribution < -0.4 is 5.73 Å². The minimum absolute atomic E-state index is 0.152. The molecule has 1 saturated carbocycles. The molecule has 1 aromatic heterocycles. The van der Waals surface area contributed by atoms with Gasteiger partial charge in [0.15, 0.2) is 0 Å². The molecule has 0 atom stereocenters. The summed E-state index contributed by atoms with van der Waals surface area (Å²) in [6.45, 7) is 2.08. The fourth-order valence-electron chi connectivity index (χ4n) is 1.77. The smallest absolute Gasteiger partial charge is 0.376 e. The van der Waals surface area contributed by atoms with Crippen molar-refractivity contribution in [1.29, 1.82) is 0 Å². The van der Waals surface area contributed by atoms with E-state index in [0.29, 0.717) is 18.2 Å². The van der Waals surface area contributed by atoms with E-state index in [2.05, 4.69) is 0 Å². The van der Waals surface area contributed by atoms with E-state index in [1.807, 2.05) is 0 Å². The van der Waals surface area contributed by atoms with Gasteiger partial charge in [0, 0.05) is 5.56 Å². The van der Waals surface area contributed by atoms with Gasteiger partial charge >= 0.3 is 5.97 Å². The molecule has 0 radical (unpaired) electrons. The van der Waals surface area contributed by atoms with Crippen LogP contribution in [0.15, 0.2) is 10.7 Å². The number of rotatable bonds is 3. The number of anilines is 1. The average molecular weight is 209 g/mol. The molecule has 0 bridgehead atoms. The minimum Gasteiger partial charge on any atom is -0.460 e. The van der Waals surface area contributed by atoms with Crippen molar-refractivity contribution in [2.75, 3.05) is 12.3 Å². The van der Waals surface area contributed by atoms with Gasteiger partial charge in [-0.25, -0.2) is 4.79 Å². The lowest BCUT2D eigenvalue weighted by atomic mass is 9.80. The number of nitrogen functional groups attached to an aromatic ring is 1. The Morgan fingerprint density at radius 3 is 2.93 bits per heavy atom. The summed E-state index contributed by atoms with van der Waals surface area (Å²) in [5, 5.41) is 0. The summed E-state index contributed by atoms with van der Waals surface area (Å²) in [6.07, 6.45) is 5.08. The maximum atomic E-state index is 11.4. The van der Waals surface area contributed by atoms with E-state index in [4.69, 9.17) is 14.9 Å². The Balaban J connectivity index is 2.19. The first kappa shape index (κ1) is 10.1. The standard InChI is InChI=1S/C11H15NO3/c1-2-14-11(13)10-9(12)8(6-15-10)7-4-3-5-7/h6-7H,2-5,12H2,1H3. The topological polar surface area (TPSA) is 65.5 Å². The van der Waals surface area contributed by atoms with Gasteiger partial charge in [-0.1, -0.05) is 6.42 Å². The van der Waals surface area contributed by atoms with Crippen LogP contribution in [0.2, 0.25) is 0 Å². The third-order valence-corrected chi connectivity index (χ3v) is 2.87. The lowest BCUT2D eigenvalue weighted by Crippen LogP contribution is -2.11. The summed E-state index contributed by atoms with van der Waals surface area (Å²) in [6, 6.07) is 0. The highest BCUT2D eigenvalue weighted by atomic mass is 16.5. The largest absolute Gasteiger partial charge is 0.460 e. The third kappa shape index (κ3) is 1.71. The fraction of sp³-hybridized carbons (Fsp3) is 0.545. The van der Waals surface area contributed by atoms with Crippen molar-refractivity contribution in [3.8, 4) is 0 Å². The Labute approximate surface area is 88.4 Å². The van der Waals surface area contributed by atoms with Gasteiger partial charge in [-0.05, 0) is 25.7 Å². The van der Waals surface area contributed by atoms with Crippen molar-refractivity contribution in [3.63, 3.8) is 0 Å². The van der Waals surface area contributed by atoms with Crippen LogP contribution in [-0.4, -0.2) is 12.6 Å². The summed E-state index contributed by atoms with van der Waals surface area (Å²) in [5.74, 6) is 0.149. The molecule has 1 aliphatic rings. The predicted octanol–water partition coefficient (Wildman–Crippen LogP) is 2.31. The zero-order valence-electron chi connectivity index (χ0n) is 8.79. The number of ether oxygens (including phenoxy) is 1. The van der Waals surface area contributed by atoms with Crippen molar-refractivity contribution in [1.82, 2.24) is 0 Å². The lowest BCUT2D eigenvalue weighted by molar-refractivity contribution is 0.0492. The van der Waals surface area contributed by atoms with Crippen molar-refractivity contribution in [2.24, 2.45) is 0 Å². The van der Waals surface area contributed by atoms with Crippen LogP contribution in [0.3, 0.4) is 0 Å². The number of nitrogens with two attached hydrogens (primary N) is 1. The molecule has 15 heavy (non-hydrogen) atoms. The molecule has 2 N–H and O–H groups in total. The van der Waals surface area contributed by atoms with Gasteiger partial charge in [-0.3, -0.25) is 0 Å². The molecular weight excluding hydrogens is 194 g/mol. The van der Waals surface area contributed by atoms with Gasteiger partial charge < -0.3 is 14.9 Å². The van der Waals surface area contributed by atoms with E-state index in [9.17, 15) is 4.79 Å². The number of furan rings is 1. The van der Waals surface area contributed by atoms with E-state index in [0.717, 1.165) is 18.4 Å².